The molecule has 0 amide bonds. The first-order chi connectivity index (χ1) is 16.0. The number of rotatable bonds is 9. The predicted octanol–water partition coefficient (Wildman–Crippen LogP) is 5.05. The Bertz CT molecular complexity index is 1250. The van der Waals surface area contributed by atoms with E-state index in [2.05, 4.69) is 15.0 Å². The van der Waals surface area contributed by atoms with E-state index in [1.165, 1.54) is 0 Å². The van der Waals surface area contributed by atoms with Crippen LogP contribution in [0.4, 0.5) is 0 Å². The lowest BCUT2D eigenvalue weighted by Crippen LogP contribution is -2.04. The molecule has 0 aliphatic rings. The normalized spacial score (nSPS) is 10.8. The minimum absolute atomic E-state index is 0.121. The third-order valence-electron chi connectivity index (χ3n) is 5.39. The Labute approximate surface area is 192 Å². The Morgan fingerprint density at radius 1 is 1.06 bits per heavy atom. The molecule has 168 valence electrons. The number of hydrogen-bond acceptors (Lipinski definition) is 6. The number of hydrogen-bond donors (Lipinski definition) is 1. The van der Waals surface area contributed by atoms with Gasteiger partial charge >= 0.3 is 5.97 Å². The quantitative estimate of drug-likeness (QED) is 0.386. The van der Waals surface area contributed by atoms with E-state index in [1.54, 1.807) is 18.6 Å². The van der Waals surface area contributed by atoms with Crippen molar-refractivity contribution in [3.63, 3.8) is 0 Å². The Balaban J connectivity index is 1.40. The van der Waals surface area contributed by atoms with E-state index < -0.39 is 5.97 Å². The van der Waals surface area contributed by atoms with Crippen molar-refractivity contribution in [2.45, 2.75) is 33.1 Å². The zero-order valence-corrected chi connectivity index (χ0v) is 18.6. The van der Waals surface area contributed by atoms with Gasteiger partial charge in [-0.25, -0.2) is 4.98 Å². The van der Waals surface area contributed by atoms with Gasteiger partial charge in [0.05, 0.1) is 24.2 Å². The summed E-state index contributed by atoms with van der Waals surface area (Å²) in [5.74, 6) is 1.28. The van der Waals surface area contributed by atoms with Crippen molar-refractivity contribution in [1.82, 2.24) is 15.0 Å². The van der Waals surface area contributed by atoms with Crippen LogP contribution in [0.3, 0.4) is 0 Å². The van der Waals surface area contributed by atoms with Gasteiger partial charge in [0.1, 0.15) is 11.5 Å². The molecule has 1 N–H and O–H groups in total. The molecule has 33 heavy (non-hydrogen) atoms. The van der Waals surface area contributed by atoms with Crippen LogP contribution >= 0.6 is 0 Å². The van der Waals surface area contributed by atoms with Crippen LogP contribution in [0.5, 0.6) is 5.75 Å². The number of carbonyl (C=O) groups is 1. The molecule has 0 bridgehead atoms. The summed E-state index contributed by atoms with van der Waals surface area (Å²) in [6.07, 6.45) is 6.29. The van der Waals surface area contributed by atoms with Crippen molar-refractivity contribution in [2.75, 3.05) is 6.61 Å². The van der Waals surface area contributed by atoms with Crippen LogP contribution in [-0.2, 0) is 17.6 Å². The molecule has 0 unspecified atom stereocenters. The molecule has 0 saturated heterocycles. The number of aromatic nitrogens is 3. The number of ether oxygens (including phenoxy) is 1. The first-order valence-corrected chi connectivity index (χ1v) is 10.8. The first-order valence-electron chi connectivity index (χ1n) is 10.8. The molecule has 0 aliphatic heterocycles. The summed E-state index contributed by atoms with van der Waals surface area (Å²) < 4.78 is 11.8. The van der Waals surface area contributed by atoms with E-state index >= 15 is 0 Å². The lowest BCUT2D eigenvalue weighted by atomic mass is 10.0. The van der Waals surface area contributed by atoms with Gasteiger partial charge in [-0.15, -0.1) is 0 Å². The fraction of sp³-hybridized carbons (Fsp3) is 0.231. The summed E-state index contributed by atoms with van der Waals surface area (Å²) in [6.45, 7) is 4.33. The zero-order chi connectivity index (χ0) is 23.2. The lowest BCUT2D eigenvalue weighted by Gasteiger charge is -2.09. The van der Waals surface area contributed by atoms with Crippen LogP contribution in [0.1, 0.15) is 29.0 Å². The van der Waals surface area contributed by atoms with Crippen LogP contribution in [-0.4, -0.2) is 32.6 Å². The second kappa shape index (κ2) is 10.1. The highest BCUT2D eigenvalue weighted by Crippen LogP contribution is 2.26. The van der Waals surface area contributed by atoms with E-state index in [1.807, 2.05) is 56.3 Å². The SMILES string of the molecule is Cc1cc(OCCc2nc(-c3cccc(-c4cnccn4)c3)oc2C)ccc1CCC(=O)O. The number of carboxylic acids is 1. The Kier molecular flexibility index (Phi) is 6.78. The minimum atomic E-state index is -0.794. The third kappa shape index (κ3) is 5.63. The van der Waals surface area contributed by atoms with Gasteiger partial charge < -0.3 is 14.3 Å². The fourth-order valence-electron chi connectivity index (χ4n) is 3.59. The molecule has 2 aromatic heterocycles. The second-order valence-corrected chi connectivity index (χ2v) is 7.77. The maximum atomic E-state index is 10.8. The van der Waals surface area contributed by atoms with Crippen LogP contribution in [0.2, 0.25) is 0 Å². The van der Waals surface area contributed by atoms with Gasteiger partial charge in [0.25, 0.3) is 0 Å². The van der Waals surface area contributed by atoms with Gasteiger partial charge in [-0.1, -0.05) is 18.2 Å². The highest BCUT2D eigenvalue weighted by Gasteiger charge is 2.13. The summed E-state index contributed by atoms with van der Waals surface area (Å²) in [7, 11) is 0. The molecule has 0 atom stereocenters. The van der Waals surface area contributed by atoms with Crippen LogP contribution in [0.25, 0.3) is 22.7 Å². The molecule has 2 heterocycles. The van der Waals surface area contributed by atoms with Crippen molar-refractivity contribution in [2.24, 2.45) is 0 Å². The molecule has 0 radical (unpaired) electrons. The topological polar surface area (TPSA) is 98.3 Å². The van der Waals surface area contributed by atoms with E-state index in [0.29, 0.717) is 25.3 Å². The number of benzene rings is 2. The molecule has 0 aliphatic carbocycles. The standard InChI is InChI=1S/C26H25N3O4/c1-17-14-22(8-6-19(17)7-9-25(30)31)32-13-10-23-18(2)33-26(29-23)21-5-3-4-20(15-21)24-16-27-11-12-28-24/h3-6,8,11-12,14-16H,7,9-10,13H2,1-2H3,(H,30,31). The van der Waals surface area contributed by atoms with E-state index in [4.69, 9.17) is 14.3 Å². The van der Waals surface area contributed by atoms with Crippen molar-refractivity contribution < 1.29 is 19.1 Å². The lowest BCUT2D eigenvalue weighted by molar-refractivity contribution is -0.136. The van der Waals surface area contributed by atoms with Gasteiger partial charge in [0.15, 0.2) is 0 Å². The maximum Gasteiger partial charge on any atom is 0.303 e. The van der Waals surface area contributed by atoms with Crippen molar-refractivity contribution in [3.05, 3.63) is 83.6 Å². The van der Waals surface area contributed by atoms with Gasteiger partial charge in [-0.3, -0.25) is 14.8 Å². The molecule has 7 nitrogen and oxygen atoms in total. The number of aryl methyl sites for hydroxylation is 3. The molecular weight excluding hydrogens is 418 g/mol. The zero-order valence-electron chi connectivity index (χ0n) is 18.6. The second-order valence-electron chi connectivity index (χ2n) is 7.77. The van der Waals surface area contributed by atoms with E-state index in [-0.39, 0.29) is 6.42 Å². The number of nitrogens with zero attached hydrogens (tertiary/aromatic N) is 3. The highest BCUT2D eigenvalue weighted by atomic mass is 16.5. The van der Waals surface area contributed by atoms with Crippen molar-refractivity contribution in [1.29, 1.82) is 0 Å². The Morgan fingerprint density at radius 2 is 1.91 bits per heavy atom. The average molecular weight is 444 g/mol. The number of aliphatic carboxylic acids is 1. The largest absolute Gasteiger partial charge is 0.493 e. The van der Waals surface area contributed by atoms with Gasteiger partial charge in [-0.2, -0.15) is 0 Å². The van der Waals surface area contributed by atoms with Crippen LogP contribution in [0, 0.1) is 13.8 Å². The van der Waals surface area contributed by atoms with Crippen molar-refractivity contribution >= 4 is 5.97 Å². The van der Waals surface area contributed by atoms with Crippen LogP contribution < -0.4 is 4.74 Å². The van der Waals surface area contributed by atoms with Crippen molar-refractivity contribution in [3.8, 4) is 28.5 Å². The van der Waals surface area contributed by atoms with E-state index in [9.17, 15) is 4.79 Å². The summed E-state index contributed by atoms with van der Waals surface area (Å²) in [5, 5.41) is 8.86. The van der Waals surface area contributed by atoms with Gasteiger partial charge in [-0.05, 0) is 55.7 Å². The molecule has 0 spiro atoms. The predicted molar refractivity (Wildman–Crippen MR) is 124 cm³/mol. The Morgan fingerprint density at radius 3 is 2.67 bits per heavy atom. The third-order valence-corrected chi connectivity index (χ3v) is 5.39. The van der Waals surface area contributed by atoms with Gasteiger partial charge in [0, 0.05) is 36.4 Å². The smallest absolute Gasteiger partial charge is 0.303 e. The summed E-state index contributed by atoms with van der Waals surface area (Å²) in [6, 6.07) is 13.6. The molecule has 4 rings (SSSR count). The molecule has 0 fully saturated rings. The molecule has 0 saturated carbocycles. The summed E-state index contributed by atoms with van der Waals surface area (Å²) >= 11 is 0. The first kappa shape index (κ1) is 22.2. The molecular formula is C26H25N3O4. The maximum absolute atomic E-state index is 10.8. The molecule has 7 heteroatoms. The fourth-order valence-corrected chi connectivity index (χ4v) is 3.59. The van der Waals surface area contributed by atoms with E-state index in [0.717, 1.165) is 45.2 Å². The minimum Gasteiger partial charge on any atom is -0.493 e. The van der Waals surface area contributed by atoms with Crippen LogP contribution in [0.15, 0.2) is 65.5 Å². The number of oxazole rings is 1. The summed E-state index contributed by atoms with van der Waals surface area (Å²) in [5.41, 5.74) is 5.51. The molecule has 2 aromatic carbocycles. The Hall–Kier alpha value is -4.00. The number of carboxylic acid groups (broad SMARTS) is 1. The average Bonchev–Trinajstić information content (AvgIpc) is 3.19. The summed E-state index contributed by atoms with van der Waals surface area (Å²) in [4.78, 5) is 23.9. The monoisotopic (exact) mass is 443 g/mol. The van der Waals surface area contributed by atoms with Gasteiger partial charge in [0.2, 0.25) is 5.89 Å². The highest BCUT2D eigenvalue weighted by molar-refractivity contribution is 5.67. The molecule has 4 aromatic rings.